The highest BCUT2D eigenvalue weighted by atomic mass is 32.2. The third-order valence-corrected chi connectivity index (χ3v) is 10.6. The Morgan fingerprint density at radius 2 is 1.38 bits per heavy atom. The number of aryl methyl sites for hydroxylation is 1. The fourth-order valence-corrected chi connectivity index (χ4v) is 7.42. The van der Waals surface area contributed by atoms with Crippen molar-refractivity contribution in [2.24, 2.45) is 0 Å². The lowest BCUT2D eigenvalue weighted by Gasteiger charge is -2.22. The number of carbonyl (C=O) groups is 1. The second kappa shape index (κ2) is 12.9. The van der Waals surface area contributed by atoms with E-state index in [1.165, 1.54) is 8.61 Å². The van der Waals surface area contributed by atoms with Gasteiger partial charge in [0.2, 0.25) is 26.0 Å². The molecular weight excluding hydrogens is 534 g/mol. The van der Waals surface area contributed by atoms with Crippen molar-refractivity contribution in [3.05, 3.63) is 95.6 Å². The molecule has 0 aromatic heterocycles. The maximum Gasteiger partial charge on any atom is 0.243 e. The molecule has 1 aliphatic rings. The summed E-state index contributed by atoms with van der Waals surface area (Å²) < 4.78 is 54.9. The van der Waals surface area contributed by atoms with Gasteiger partial charge in [-0.2, -0.15) is 8.61 Å². The van der Waals surface area contributed by atoms with Crippen molar-refractivity contribution in [1.82, 2.24) is 13.9 Å². The summed E-state index contributed by atoms with van der Waals surface area (Å²) in [7, 11) is -7.34. The molecule has 1 saturated heterocycles. The van der Waals surface area contributed by atoms with Crippen molar-refractivity contribution >= 4 is 26.0 Å². The summed E-state index contributed by atoms with van der Waals surface area (Å²) in [4.78, 5) is 13.2. The number of benzene rings is 3. The van der Waals surface area contributed by atoms with Gasteiger partial charge in [0.15, 0.2) is 0 Å². The van der Waals surface area contributed by atoms with Crippen molar-refractivity contribution in [2.45, 2.75) is 42.4 Å². The summed E-state index contributed by atoms with van der Waals surface area (Å²) in [6, 6.07) is 22.9. The number of nitrogens with zero attached hydrogens (tertiary/aromatic N) is 2. The molecule has 0 atom stereocenters. The van der Waals surface area contributed by atoms with E-state index >= 15 is 0 Å². The SMILES string of the molecule is Cc1ccc(S(=O)(=O)N(CCc2ccccc2)CC(=O)NCCc2ccc(S(=O)(=O)N3CCCC3)cc2)cc1. The van der Waals surface area contributed by atoms with Gasteiger partial charge in [-0.05, 0) is 68.0 Å². The highest BCUT2D eigenvalue weighted by Gasteiger charge is 2.28. The standard InChI is InChI=1S/C29H35N3O5S2/c1-24-9-13-27(14-10-24)39(36,37)32(22-18-25-7-3-2-4-8-25)23-29(33)30-19-17-26-11-15-28(16-12-26)38(34,35)31-20-5-6-21-31/h2-4,7-16H,5-6,17-23H2,1H3,(H,30,33). The van der Waals surface area contributed by atoms with Crippen LogP contribution >= 0.6 is 0 Å². The first-order chi connectivity index (χ1) is 18.7. The van der Waals surface area contributed by atoms with E-state index in [-0.39, 0.29) is 22.9 Å². The number of sulfonamides is 2. The predicted octanol–water partition coefficient (Wildman–Crippen LogP) is 3.37. The molecular formula is C29H35N3O5S2. The van der Waals surface area contributed by atoms with Crippen LogP contribution in [0.4, 0.5) is 0 Å². The number of carbonyl (C=O) groups excluding carboxylic acids is 1. The van der Waals surface area contributed by atoms with E-state index in [1.807, 2.05) is 37.3 Å². The van der Waals surface area contributed by atoms with Crippen molar-refractivity contribution in [1.29, 1.82) is 0 Å². The first kappa shape index (κ1) is 28.9. The normalized spacial score (nSPS) is 14.5. The van der Waals surface area contributed by atoms with Gasteiger partial charge < -0.3 is 5.32 Å². The molecule has 0 unspecified atom stereocenters. The highest BCUT2D eigenvalue weighted by Crippen LogP contribution is 2.21. The second-order valence-corrected chi connectivity index (χ2v) is 13.6. The molecule has 208 valence electrons. The number of hydrogen-bond acceptors (Lipinski definition) is 5. The van der Waals surface area contributed by atoms with Crippen LogP contribution in [-0.4, -0.2) is 64.1 Å². The maximum absolute atomic E-state index is 13.4. The summed E-state index contributed by atoms with van der Waals surface area (Å²) in [6.45, 7) is 3.16. The predicted molar refractivity (Wildman–Crippen MR) is 151 cm³/mol. The van der Waals surface area contributed by atoms with Crippen LogP contribution in [0.1, 0.15) is 29.5 Å². The van der Waals surface area contributed by atoms with Crippen LogP contribution in [0, 0.1) is 6.92 Å². The Morgan fingerprint density at radius 1 is 0.795 bits per heavy atom. The van der Waals surface area contributed by atoms with Gasteiger partial charge in [-0.3, -0.25) is 4.79 Å². The van der Waals surface area contributed by atoms with Gasteiger partial charge in [0, 0.05) is 26.2 Å². The van der Waals surface area contributed by atoms with Gasteiger partial charge in [-0.1, -0.05) is 60.2 Å². The Morgan fingerprint density at radius 3 is 2.03 bits per heavy atom. The lowest BCUT2D eigenvalue weighted by atomic mass is 10.1. The van der Waals surface area contributed by atoms with Gasteiger partial charge in [0.05, 0.1) is 16.3 Å². The Labute approximate surface area is 231 Å². The molecule has 0 aliphatic carbocycles. The lowest BCUT2D eigenvalue weighted by Crippen LogP contribution is -2.42. The molecule has 1 aliphatic heterocycles. The Kier molecular flexibility index (Phi) is 9.55. The van der Waals surface area contributed by atoms with Gasteiger partial charge >= 0.3 is 0 Å². The van der Waals surface area contributed by atoms with Crippen LogP contribution in [0.2, 0.25) is 0 Å². The smallest absolute Gasteiger partial charge is 0.243 e. The summed E-state index contributed by atoms with van der Waals surface area (Å²) in [5, 5.41) is 2.81. The second-order valence-electron chi connectivity index (χ2n) is 9.74. The molecule has 1 amide bonds. The monoisotopic (exact) mass is 569 g/mol. The van der Waals surface area contributed by atoms with Crippen molar-refractivity contribution < 1.29 is 21.6 Å². The fourth-order valence-electron chi connectivity index (χ4n) is 4.51. The lowest BCUT2D eigenvalue weighted by molar-refractivity contribution is -0.121. The molecule has 1 heterocycles. The number of amides is 1. The summed E-state index contributed by atoms with van der Waals surface area (Å²) in [6.07, 6.45) is 2.73. The topological polar surface area (TPSA) is 104 Å². The molecule has 0 saturated carbocycles. The molecule has 8 nitrogen and oxygen atoms in total. The van der Waals surface area contributed by atoms with E-state index in [1.54, 1.807) is 48.5 Å². The molecule has 0 radical (unpaired) electrons. The fraction of sp³-hybridized carbons (Fsp3) is 0.345. The van der Waals surface area contributed by atoms with E-state index in [2.05, 4.69) is 5.32 Å². The Bertz CT molecular complexity index is 1450. The van der Waals surface area contributed by atoms with Crippen LogP contribution in [-0.2, 0) is 37.7 Å². The number of hydrogen-bond donors (Lipinski definition) is 1. The molecule has 3 aromatic rings. The van der Waals surface area contributed by atoms with E-state index in [0.29, 0.717) is 32.5 Å². The first-order valence-electron chi connectivity index (χ1n) is 13.1. The van der Waals surface area contributed by atoms with Gasteiger partial charge in [-0.15, -0.1) is 0 Å². The summed E-state index contributed by atoms with van der Waals surface area (Å²) in [5.74, 6) is -0.396. The molecule has 1 fully saturated rings. The molecule has 10 heteroatoms. The van der Waals surface area contributed by atoms with Gasteiger partial charge in [0.25, 0.3) is 0 Å². The Hall–Kier alpha value is -3.05. The van der Waals surface area contributed by atoms with Crippen molar-refractivity contribution in [2.75, 3.05) is 32.7 Å². The zero-order chi connectivity index (χ0) is 27.9. The van der Waals surface area contributed by atoms with Crippen molar-refractivity contribution in [3.63, 3.8) is 0 Å². The highest BCUT2D eigenvalue weighted by molar-refractivity contribution is 7.89. The molecule has 4 rings (SSSR count). The number of rotatable bonds is 12. The maximum atomic E-state index is 13.4. The van der Waals surface area contributed by atoms with E-state index in [4.69, 9.17) is 0 Å². The van der Waals surface area contributed by atoms with Crippen LogP contribution in [0.3, 0.4) is 0 Å². The Balaban J connectivity index is 1.36. The molecule has 0 bridgehead atoms. The largest absolute Gasteiger partial charge is 0.355 e. The minimum absolute atomic E-state index is 0.151. The first-order valence-corrected chi connectivity index (χ1v) is 16.0. The van der Waals surface area contributed by atoms with E-state index < -0.39 is 26.0 Å². The minimum atomic E-state index is -3.87. The molecule has 1 N–H and O–H groups in total. The quantitative estimate of drug-likeness (QED) is 0.360. The number of nitrogens with one attached hydrogen (secondary N) is 1. The van der Waals surface area contributed by atoms with E-state index in [0.717, 1.165) is 29.5 Å². The van der Waals surface area contributed by atoms with Gasteiger partial charge in [-0.25, -0.2) is 16.8 Å². The zero-order valence-corrected chi connectivity index (χ0v) is 23.8. The zero-order valence-electron chi connectivity index (χ0n) is 22.1. The average molecular weight is 570 g/mol. The van der Waals surface area contributed by atoms with E-state index in [9.17, 15) is 21.6 Å². The molecule has 3 aromatic carbocycles. The van der Waals surface area contributed by atoms with Crippen molar-refractivity contribution in [3.8, 4) is 0 Å². The molecule has 39 heavy (non-hydrogen) atoms. The van der Waals surface area contributed by atoms with Crippen LogP contribution in [0.25, 0.3) is 0 Å². The molecule has 0 spiro atoms. The van der Waals surface area contributed by atoms with Crippen LogP contribution in [0.5, 0.6) is 0 Å². The van der Waals surface area contributed by atoms with Gasteiger partial charge in [0.1, 0.15) is 0 Å². The third kappa shape index (κ3) is 7.54. The summed E-state index contributed by atoms with van der Waals surface area (Å²) >= 11 is 0. The van der Waals surface area contributed by atoms with Crippen LogP contribution in [0.15, 0.2) is 88.7 Å². The minimum Gasteiger partial charge on any atom is -0.355 e. The third-order valence-electron chi connectivity index (χ3n) is 6.83. The average Bonchev–Trinajstić information content (AvgIpc) is 3.48. The summed E-state index contributed by atoms with van der Waals surface area (Å²) in [5.41, 5.74) is 2.81. The van der Waals surface area contributed by atoms with Crippen LogP contribution < -0.4 is 5.32 Å².